The van der Waals surface area contributed by atoms with Crippen molar-refractivity contribution in [3.05, 3.63) is 218 Å². The van der Waals surface area contributed by atoms with Crippen molar-refractivity contribution < 1.29 is 0 Å². The van der Waals surface area contributed by atoms with Gasteiger partial charge in [0.25, 0.3) is 0 Å². The van der Waals surface area contributed by atoms with Crippen LogP contribution in [-0.4, -0.2) is 4.57 Å². The minimum atomic E-state index is 1.10. The number of para-hydroxylation sites is 3. The Balaban J connectivity index is 1.03. The summed E-state index contributed by atoms with van der Waals surface area (Å²) < 4.78 is 5.03. The highest BCUT2D eigenvalue weighted by atomic mass is 32.1. The Morgan fingerprint density at radius 2 is 0.807 bits per heavy atom. The summed E-state index contributed by atoms with van der Waals surface area (Å²) in [6.45, 7) is 0. The quantitative estimate of drug-likeness (QED) is 0.158. The normalized spacial score (nSPS) is 11.5. The third-order valence-electron chi connectivity index (χ3n) is 11.2. The van der Waals surface area contributed by atoms with Crippen molar-refractivity contribution in [2.75, 3.05) is 4.90 Å². The van der Waals surface area contributed by atoms with E-state index in [2.05, 4.69) is 228 Å². The maximum atomic E-state index is 2.42. The number of anilines is 3. The van der Waals surface area contributed by atoms with Gasteiger partial charge in [0.2, 0.25) is 0 Å². The van der Waals surface area contributed by atoms with E-state index in [1.54, 1.807) is 0 Å². The summed E-state index contributed by atoms with van der Waals surface area (Å²) in [5.41, 5.74) is 14.1. The Morgan fingerprint density at radius 1 is 0.316 bits per heavy atom. The van der Waals surface area contributed by atoms with Crippen molar-refractivity contribution in [3.63, 3.8) is 0 Å². The smallest absolute Gasteiger partial charge is 0.0541 e. The molecule has 0 aliphatic carbocycles. The van der Waals surface area contributed by atoms with E-state index in [1.165, 1.54) is 81.0 Å². The molecule has 2 nitrogen and oxygen atoms in total. The van der Waals surface area contributed by atoms with Crippen molar-refractivity contribution in [1.29, 1.82) is 0 Å². The number of hydrogen-bond acceptors (Lipinski definition) is 2. The maximum Gasteiger partial charge on any atom is 0.0541 e. The van der Waals surface area contributed by atoms with Gasteiger partial charge in [-0.1, -0.05) is 152 Å². The zero-order chi connectivity index (χ0) is 37.7. The minimum absolute atomic E-state index is 1.10. The molecule has 0 amide bonds. The van der Waals surface area contributed by atoms with Crippen LogP contribution in [0.4, 0.5) is 17.1 Å². The van der Waals surface area contributed by atoms with Gasteiger partial charge in [0.05, 0.1) is 16.7 Å². The lowest BCUT2D eigenvalue weighted by Crippen LogP contribution is -2.09. The molecular weight excluding hydrogens is 709 g/mol. The highest BCUT2D eigenvalue weighted by Crippen LogP contribution is 2.43. The maximum absolute atomic E-state index is 2.42. The van der Waals surface area contributed by atoms with Gasteiger partial charge in [-0.3, -0.25) is 0 Å². The first-order valence-electron chi connectivity index (χ1n) is 19.4. The number of benzene rings is 9. The summed E-state index contributed by atoms with van der Waals surface area (Å²) in [4.78, 5) is 2.38. The summed E-state index contributed by atoms with van der Waals surface area (Å²) >= 11 is 1.85. The van der Waals surface area contributed by atoms with Crippen LogP contribution in [0.5, 0.6) is 0 Å². The topological polar surface area (TPSA) is 8.17 Å². The standard InChI is InChI=1S/C54H36N2S/c1-2-14-37(15-3-1)38-26-30-40(31-27-38)55(42-34-35-54-49(36-42)48-21-9-13-25-53(48)57-54)41-32-28-39(29-33-41)43-16-4-5-17-44(43)45-18-6-10-22-50(45)56-51-23-11-7-19-46(51)47-20-8-12-24-52(47)56/h1-36H. The van der Waals surface area contributed by atoms with Crippen LogP contribution in [0.2, 0.25) is 0 Å². The van der Waals surface area contributed by atoms with Gasteiger partial charge >= 0.3 is 0 Å². The van der Waals surface area contributed by atoms with Crippen LogP contribution in [0.25, 0.3) is 81.0 Å². The molecule has 0 unspecified atom stereocenters. The Labute approximate surface area is 335 Å². The third-order valence-corrected chi connectivity index (χ3v) is 12.4. The number of fused-ring (bicyclic) bond motifs is 6. The van der Waals surface area contributed by atoms with Gasteiger partial charge in [-0.2, -0.15) is 0 Å². The molecule has 9 aromatic carbocycles. The predicted octanol–water partition coefficient (Wildman–Crippen LogP) is 15.6. The van der Waals surface area contributed by atoms with Gasteiger partial charge in [0, 0.05) is 53.6 Å². The molecule has 0 fully saturated rings. The monoisotopic (exact) mass is 744 g/mol. The summed E-state index contributed by atoms with van der Waals surface area (Å²) in [5, 5.41) is 5.10. The van der Waals surface area contributed by atoms with Crippen molar-refractivity contribution in [1.82, 2.24) is 4.57 Å². The minimum Gasteiger partial charge on any atom is -0.310 e. The second-order valence-corrected chi connectivity index (χ2v) is 15.6. The molecule has 0 bridgehead atoms. The molecule has 0 saturated carbocycles. The van der Waals surface area contributed by atoms with Gasteiger partial charge in [-0.15, -0.1) is 11.3 Å². The third kappa shape index (κ3) is 5.71. The first-order chi connectivity index (χ1) is 28.3. The average Bonchev–Trinajstić information content (AvgIpc) is 3.83. The van der Waals surface area contributed by atoms with E-state index in [0.717, 1.165) is 17.1 Å². The van der Waals surface area contributed by atoms with E-state index in [4.69, 9.17) is 0 Å². The second-order valence-electron chi connectivity index (χ2n) is 14.5. The lowest BCUT2D eigenvalue weighted by atomic mass is 9.93. The van der Waals surface area contributed by atoms with Crippen molar-refractivity contribution >= 4 is 70.4 Å². The predicted molar refractivity (Wildman–Crippen MR) is 245 cm³/mol. The van der Waals surface area contributed by atoms with E-state index in [1.807, 2.05) is 11.3 Å². The van der Waals surface area contributed by atoms with Crippen LogP contribution in [0.1, 0.15) is 0 Å². The number of thiophene rings is 1. The lowest BCUT2D eigenvalue weighted by Gasteiger charge is -2.26. The highest BCUT2D eigenvalue weighted by molar-refractivity contribution is 7.25. The second kappa shape index (κ2) is 13.8. The SMILES string of the molecule is c1ccc(-c2ccc(N(c3ccc(-c4ccccc4-c4ccccc4-n4c5ccccc5c5ccccc54)cc3)c3ccc4sc5ccccc5c4c3)cc2)cc1. The molecule has 0 N–H and O–H groups in total. The van der Waals surface area contributed by atoms with Crippen LogP contribution in [0, 0.1) is 0 Å². The van der Waals surface area contributed by atoms with Gasteiger partial charge in [0.15, 0.2) is 0 Å². The Bertz CT molecular complexity index is 3170. The molecule has 0 radical (unpaired) electrons. The number of nitrogens with zero attached hydrogens (tertiary/aromatic N) is 2. The molecule has 0 aliphatic heterocycles. The van der Waals surface area contributed by atoms with Gasteiger partial charge in [-0.05, 0) is 94.5 Å². The number of hydrogen-bond donors (Lipinski definition) is 0. The Morgan fingerprint density at radius 3 is 1.51 bits per heavy atom. The van der Waals surface area contributed by atoms with Crippen LogP contribution in [-0.2, 0) is 0 Å². The van der Waals surface area contributed by atoms with E-state index < -0.39 is 0 Å². The molecule has 2 aromatic heterocycles. The number of aromatic nitrogens is 1. The van der Waals surface area contributed by atoms with Gasteiger partial charge in [-0.25, -0.2) is 0 Å². The highest BCUT2D eigenvalue weighted by Gasteiger charge is 2.19. The summed E-state index contributed by atoms with van der Waals surface area (Å²) in [7, 11) is 0. The molecule has 11 rings (SSSR count). The summed E-state index contributed by atoms with van der Waals surface area (Å²) in [5.74, 6) is 0. The van der Waals surface area contributed by atoms with Crippen LogP contribution >= 0.6 is 11.3 Å². The van der Waals surface area contributed by atoms with Crippen LogP contribution < -0.4 is 4.90 Å². The molecule has 2 heterocycles. The van der Waals surface area contributed by atoms with Crippen molar-refractivity contribution in [3.8, 4) is 39.1 Å². The van der Waals surface area contributed by atoms with E-state index in [0.29, 0.717) is 0 Å². The van der Waals surface area contributed by atoms with Crippen molar-refractivity contribution in [2.24, 2.45) is 0 Å². The Kier molecular flexibility index (Phi) is 8.04. The van der Waals surface area contributed by atoms with Crippen molar-refractivity contribution in [2.45, 2.75) is 0 Å². The molecule has 57 heavy (non-hydrogen) atoms. The van der Waals surface area contributed by atoms with Gasteiger partial charge in [0.1, 0.15) is 0 Å². The summed E-state index contributed by atoms with van der Waals surface area (Å²) in [6, 6.07) is 79.4. The van der Waals surface area contributed by atoms with E-state index in [9.17, 15) is 0 Å². The molecule has 0 aliphatic rings. The fourth-order valence-electron chi connectivity index (χ4n) is 8.57. The Hall–Kier alpha value is -7.20. The first-order valence-corrected chi connectivity index (χ1v) is 20.2. The van der Waals surface area contributed by atoms with E-state index in [-0.39, 0.29) is 0 Å². The fourth-order valence-corrected chi connectivity index (χ4v) is 9.66. The first kappa shape index (κ1) is 33.2. The van der Waals surface area contributed by atoms with Crippen LogP contribution in [0.15, 0.2) is 218 Å². The van der Waals surface area contributed by atoms with E-state index >= 15 is 0 Å². The van der Waals surface area contributed by atoms with Gasteiger partial charge < -0.3 is 9.47 Å². The largest absolute Gasteiger partial charge is 0.310 e. The zero-order valence-electron chi connectivity index (χ0n) is 31.1. The fraction of sp³-hybridized carbons (Fsp3) is 0. The molecular formula is C54H36N2S. The summed E-state index contributed by atoms with van der Waals surface area (Å²) in [6.07, 6.45) is 0. The number of rotatable bonds is 7. The van der Waals surface area contributed by atoms with Crippen LogP contribution in [0.3, 0.4) is 0 Å². The average molecular weight is 745 g/mol. The molecule has 0 spiro atoms. The lowest BCUT2D eigenvalue weighted by molar-refractivity contribution is 1.18. The molecule has 0 saturated heterocycles. The molecule has 268 valence electrons. The molecule has 3 heteroatoms. The molecule has 0 atom stereocenters. The zero-order valence-corrected chi connectivity index (χ0v) is 31.9. The molecule has 11 aromatic rings.